The first kappa shape index (κ1) is 110. The molecule has 1 fully saturated rings. The van der Waals surface area contributed by atoms with Crippen LogP contribution in [0.25, 0.3) is 65.9 Å². The zero-order valence-corrected chi connectivity index (χ0v) is 89.5. The van der Waals surface area contributed by atoms with Gasteiger partial charge in [0.25, 0.3) is 0 Å². The Kier molecular flexibility index (Phi) is 42.4. The molecule has 5 N–H and O–H groups in total. The van der Waals surface area contributed by atoms with Gasteiger partial charge in [-0.15, -0.1) is 0 Å². The van der Waals surface area contributed by atoms with Crippen LogP contribution in [0.1, 0.15) is 130 Å². The van der Waals surface area contributed by atoms with Crippen LogP contribution in [0.15, 0.2) is 362 Å². The average Bonchev–Trinajstić information content (AvgIpc) is 1.68. The number of isothiocyanates is 1. The molecule has 18 aromatic rings. The molecule has 0 atom stereocenters. The first-order valence-electron chi connectivity index (χ1n) is 46.6. The fraction of sp³-hybridized carbons (Fsp3) is 0.183. The number of rotatable bonds is 27. The molecular weight excluding hydrogens is 2070 g/mol. The van der Waals surface area contributed by atoms with Gasteiger partial charge in [-0.1, -0.05) is 273 Å². The van der Waals surface area contributed by atoms with E-state index < -0.39 is 15.8 Å². The molecule has 0 spiro atoms. The number of aromatic nitrogens is 8. The topological polar surface area (TPSA) is 273 Å². The molecule has 736 valence electrons. The van der Waals surface area contributed by atoms with Crippen LogP contribution in [-0.4, -0.2) is 109 Å². The second-order valence-electron chi connectivity index (χ2n) is 33.7. The van der Waals surface area contributed by atoms with Crippen LogP contribution in [0.4, 0.5) is 11.5 Å². The Bertz CT molecular complexity index is 7060. The number of carbonyl (C=O) groups is 3. The summed E-state index contributed by atoms with van der Waals surface area (Å²) in [6.45, 7) is 12.8. The van der Waals surface area contributed by atoms with E-state index in [4.69, 9.17) is 70.5 Å². The predicted octanol–water partition coefficient (Wildman–Crippen LogP) is 26.4. The van der Waals surface area contributed by atoms with Crippen molar-refractivity contribution < 1.29 is 58.6 Å². The van der Waals surface area contributed by atoms with Crippen molar-refractivity contribution in [2.75, 3.05) is 34.2 Å². The summed E-state index contributed by atoms with van der Waals surface area (Å²) in [6, 6.07) is 109. The molecule has 0 bridgehead atoms. The van der Waals surface area contributed by atoms with Gasteiger partial charge in [0, 0.05) is 140 Å². The van der Waals surface area contributed by atoms with Crippen molar-refractivity contribution in [1.82, 2.24) is 39.5 Å². The number of pyridine rings is 3. The molecule has 29 heteroatoms. The standard InChI is InChI=1S/C27H25N5O3S.C18H18N2O.2C18H15P.C13H14BrNO.C11H16BNO2.C10H8N2O2S.2ClH.Pd/c1-34-24-13-19-21(14-25(24)35-2)31-27(36)32(26(19)28)10-4-6-23(33)22-12-17-8-7-16(11-20(17)30-22)18-5-3-9-29-15-18;1-2-3-6-18(21)17-11-14-8-7-13(10-16(14)20-17)15-5-4-9-19-12-15;2*1-4-10-16(11-5-1)19(17-12-6-2-7-13-17)18-14-8-3-9-15-18;1-2-3-4-13(16)12-7-9-5-6-10(14)8-11(9)15-12;1-10(2)11(3,4)15-12(14-10)9-6-5-7-13-8-9;1-13-9-3-7(5-11)8(12-6-15)4-10(9)14-2;;;/h3,5,7-9,11-15,30H,4,6,10,28H2,1-2H3;4-5,7-12,20H,2-3,6H2,1H3;2*1-15H;5-8,15H,2-4H2,1H3;5-8H,1-4H3;3-4H,1-2H3;2*1H;/q;;;;;;;;;+2/p-2. The molecule has 1 aliphatic heterocycles. The van der Waals surface area contributed by atoms with E-state index >= 15 is 0 Å². The van der Waals surface area contributed by atoms with E-state index in [1.54, 1.807) is 67.8 Å². The second kappa shape index (κ2) is 55.7. The number of halogens is 3. The van der Waals surface area contributed by atoms with Crippen LogP contribution in [0.3, 0.4) is 0 Å². The fourth-order valence-electron chi connectivity index (χ4n) is 15.5. The smallest absolute Gasteiger partial charge is 0.0134 e. The van der Waals surface area contributed by atoms with E-state index in [0.717, 1.165) is 96.3 Å². The number of aliphatic imine (C=N–C) groups is 1. The molecule has 11 aromatic carbocycles. The van der Waals surface area contributed by atoms with E-state index in [0.29, 0.717) is 99.4 Å². The van der Waals surface area contributed by atoms with E-state index in [9.17, 15) is 14.4 Å². The van der Waals surface area contributed by atoms with Crippen molar-refractivity contribution in [1.29, 1.82) is 5.26 Å². The number of nitrogen functional groups attached to an aromatic ring is 1. The number of anilines is 1. The summed E-state index contributed by atoms with van der Waals surface area (Å²) in [5, 5.41) is 23.3. The summed E-state index contributed by atoms with van der Waals surface area (Å²) >= 11 is 13.3. The van der Waals surface area contributed by atoms with Gasteiger partial charge in [-0.25, -0.2) is 4.98 Å². The number of Topliss-reactive ketones (excluding diaryl/α,β-unsaturated/α-hetero) is 3. The molecule has 8 heterocycles. The fourth-order valence-corrected chi connectivity index (χ4v) is 20.8. The molecule has 0 saturated carbocycles. The Balaban J connectivity index is 0.000000153. The summed E-state index contributed by atoms with van der Waals surface area (Å²) in [4.78, 5) is 67.2. The molecule has 0 amide bonds. The van der Waals surface area contributed by atoms with Gasteiger partial charge in [-0.2, -0.15) is 10.3 Å². The number of aromatic amines is 3. The van der Waals surface area contributed by atoms with Crippen molar-refractivity contribution in [3.8, 4) is 51.3 Å². The number of thiocarbonyl (C=S) groups is 1. The average molecular weight is 2190 g/mol. The number of hydrogen-bond donors (Lipinski definition) is 4. The molecule has 19 rings (SSSR count). The molecular formula is C115H111BBrCl2N11O9P2PdS2. The quantitative estimate of drug-likeness (QED) is 0.0122. The molecule has 1 aliphatic rings. The number of methoxy groups -OCH3 is 4. The number of hydrogen-bond acceptors (Lipinski definition) is 18. The van der Waals surface area contributed by atoms with Crippen molar-refractivity contribution in [2.45, 2.75) is 111 Å². The van der Waals surface area contributed by atoms with Gasteiger partial charge in [0.05, 0.1) is 78.7 Å². The summed E-state index contributed by atoms with van der Waals surface area (Å²) in [5.41, 5.74) is 17.4. The zero-order valence-electron chi connectivity index (χ0n) is 81.5. The Morgan fingerprint density at radius 3 is 1.20 bits per heavy atom. The van der Waals surface area contributed by atoms with Gasteiger partial charge >= 0.3 is 42.1 Å². The summed E-state index contributed by atoms with van der Waals surface area (Å²) in [5.74, 6) is 3.00. The Hall–Kier alpha value is -13.1. The van der Waals surface area contributed by atoms with E-state index in [1.807, 2.05) is 143 Å². The van der Waals surface area contributed by atoms with Gasteiger partial charge in [-0.05, 0) is 197 Å². The molecule has 0 radical (unpaired) electrons. The number of fused-ring (bicyclic) bond motifs is 4. The molecule has 0 aliphatic carbocycles. The largest absolute Gasteiger partial charge is 0.0622 e. The van der Waals surface area contributed by atoms with Crippen LogP contribution in [0.2, 0.25) is 0 Å². The number of H-pyrrole nitrogens is 3. The summed E-state index contributed by atoms with van der Waals surface area (Å²) in [6.07, 6.45) is 16.8. The van der Waals surface area contributed by atoms with Gasteiger partial charge in [0.15, 0.2) is 40.3 Å². The van der Waals surface area contributed by atoms with Gasteiger partial charge in [0.2, 0.25) is 4.77 Å². The van der Waals surface area contributed by atoms with Crippen molar-refractivity contribution >= 4 is 197 Å². The van der Waals surface area contributed by atoms with Crippen LogP contribution < -0.4 is 62.0 Å². The second-order valence-corrected chi connectivity index (χ2v) is 42.0. The van der Waals surface area contributed by atoms with E-state index in [1.165, 1.54) is 46.0 Å². The van der Waals surface area contributed by atoms with Crippen LogP contribution in [0.5, 0.6) is 23.0 Å². The van der Waals surface area contributed by atoms with E-state index in [2.05, 4.69) is 281 Å². The van der Waals surface area contributed by atoms with Gasteiger partial charge in [0.1, 0.15) is 11.9 Å². The number of nitrogens with two attached hydrogens (primary N) is 1. The maximum Gasteiger partial charge on any atom is -0.0134 e. The number of unbranched alkanes of at least 4 members (excludes halogenated alkanes) is 2. The summed E-state index contributed by atoms with van der Waals surface area (Å²) in [7, 11) is 14.6. The Labute approximate surface area is 878 Å². The molecule has 144 heavy (non-hydrogen) atoms. The first-order chi connectivity index (χ1) is 70.0. The van der Waals surface area contributed by atoms with Crippen LogP contribution >= 0.6 is 75.3 Å². The van der Waals surface area contributed by atoms with Crippen LogP contribution in [0, 0.1) is 16.1 Å². The molecule has 1 saturated heterocycles. The van der Waals surface area contributed by atoms with Crippen molar-refractivity contribution in [3.63, 3.8) is 0 Å². The zero-order chi connectivity index (χ0) is 102. The van der Waals surface area contributed by atoms with Crippen molar-refractivity contribution in [3.05, 3.63) is 385 Å². The minimum absolute atomic E-state index is 0.0272. The number of carbonyl (C=O) groups excluding carboxylic acids is 3. The third-order valence-electron chi connectivity index (χ3n) is 23.6. The maximum absolute atomic E-state index is 12.9. The Morgan fingerprint density at radius 1 is 0.479 bits per heavy atom. The number of nitrogens with one attached hydrogen (secondary N) is 3. The number of nitrogens with zero attached hydrogens (tertiary/aromatic N) is 7. The van der Waals surface area contributed by atoms with Crippen molar-refractivity contribution in [2.24, 2.45) is 4.99 Å². The first-order valence-corrected chi connectivity index (χ1v) is 54.9. The van der Waals surface area contributed by atoms with E-state index in [-0.39, 0.29) is 51.6 Å². The predicted molar refractivity (Wildman–Crippen MR) is 599 cm³/mol. The molecule has 0 unspecified atom stereocenters. The van der Waals surface area contributed by atoms with Crippen LogP contribution in [-0.2, 0) is 31.8 Å². The molecule has 20 nitrogen and oxygen atoms in total. The third-order valence-corrected chi connectivity index (χ3v) is 29.4. The monoisotopic (exact) mass is 2180 g/mol. The maximum atomic E-state index is 12.9. The van der Waals surface area contributed by atoms with Gasteiger partial charge in [-0.3, -0.25) is 29.3 Å². The minimum atomic E-state index is -0.446. The van der Waals surface area contributed by atoms with Gasteiger partial charge < -0.3 is 53.5 Å². The number of benzene rings is 11. The molecule has 7 aromatic heterocycles. The third kappa shape index (κ3) is 30.3. The minimum Gasteiger partial charge on any atom is -0.0622 e. The SMILES string of the molecule is CC1(C)OB(c2cccnc2)OC1(C)C.CCCCC(=O)c1cc2ccc(-c3cccnc3)cc2[nH]1.CCCCC(=O)c1cc2ccc(Br)cc2[nH]1.COc1cc(C#N)c(N=C=S)cc1OC.COc1cc2nc(=S)n(CCCC(=O)c3cc4ccc(-c5cccnc5)cc4[nH]3)c(N)c2cc1OC.[Cl][Pd][Cl].c1ccc(P(c2ccccc2)c2ccccc2)cc1.c1ccc(P(c2ccccc2)c2ccccc2)cc1. The normalized spacial score (nSPS) is 11.8. The Morgan fingerprint density at radius 2 is 0.840 bits per heavy atom. The number of ketones is 3. The summed E-state index contributed by atoms with van der Waals surface area (Å²) < 4.78 is 35.8. The number of nitriles is 1. The number of ether oxygens (including phenoxy) is 4.